The minimum Gasteiger partial charge on any atom is -0.480 e. The molecule has 128 valence electrons. The van der Waals surface area contributed by atoms with Crippen LogP contribution in [-0.4, -0.2) is 28.0 Å². The average Bonchev–Trinajstić information content (AvgIpc) is 2.88. The molecule has 0 fully saturated rings. The van der Waals surface area contributed by atoms with Gasteiger partial charge in [0.15, 0.2) is 0 Å². The maximum absolute atomic E-state index is 13.3. The normalized spacial score (nSPS) is 12.2. The Hall–Kier alpha value is -2.28. The summed E-state index contributed by atoms with van der Waals surface area (Å²) in [6.07, 6.45) is 0.343. The van der Waals surface area contributed by atoms with Crippen molar-refractivity contribution in [3.8, 4) is 10.6 Å². The molecule has 0 aliphatic rings. The number of nitrogens with zero attached hydrogens (tertiary/aromatic N) is 1. The van der Waals surface area contributed by atoms with E-state index in [4.69, 9.17) is 0 Å². The van der Waals surface area contributed by atoms with Crippen LogP contribution in [-0.2, 0) is 4.79 Å². The van der Waals surface area contributed by atoms with Crippen molar-refractivity contribution < 1.29 is 19.1 Å². The Bertz CT molecular complexity index is 758. The molecule has 0 aliphatic carbocycles. The Balaban J connectivity index is 2.22. The zero-order valence-corrected chi connectivity index (χ0v) is 14.5. The molecule has 1 aromatic heterocycles. The number of carboxylic acids is 1. The van der Waals surface area contributed by atoms with Crippen molar-refractivity contribution >= 4 is 23.2 Å². The minimum atomic E-state index is -1.07. The third kappa shape index (κ3) is 4.38. The summed E-state index contributed by atoms with van der Waals surface area (Å²) in [7, 11) is 0. The number of carboxylic acid groups (broad SMARTS) is 1. The Kier molecular flexibility index (Phi) is 5.66. The maximum Gasteiger partial charge on any atom is 0.326 e. The SMILES string of the molecule is Cc1nc(-c2cccc(F)c2)sc1C(=O)NC(CC(C)C)C(=O)O. The second-order valence-corrected chi connectivity index (χ2v) is 6.94. The number of hydrogen-bond acceptors (Lipinski definition) is 4. The second-order valence-electron chi connectivity index (χ2n) is 5.94. The lowest BCUT2D eigenvalue weighted by molar-refractivity contribution is -0.139. The summed E-state index contributed by atoms with van der Waals surface area (Å²) in [5, 5.41) is 12.3. The number of carbonyl (C=O) groups excluding carboxylic acids is 1. The number of thiazole rings is 1. The van der Waals surface area contributed by atoms with Gasteiger partial charge in [-0.05, 0) is 31.4 Å². The second kappa shape index (κ2) is 7.53. The lowest BCUT2D eigenvalue weighted by Crippen LogP contribution is -2.41. The van der Waals surface area contributed by atoms with Gasteiger partial charge in [-0.1, -0.05) is 26.0 Å². The molecule has 1 amide bonds. The fraction of sp³-hybridized carbons (Fsp3) is 0.353. The van der Waals surface area contributed by atoms with Crippen LogP contribution in [0.15, 0.2) is 24.3 Å². The quantitative estimate of drug-likeness (QED) is 0.836. The first-order valence-corrected chi connectivity index (χ1v) is 8.36. The van der Waals surface area contributed by atoms with Crippen LogP contribution in [0.4, 0.5) is 4.39 Å². The summed E-state index contributed by atoms with van der Waals surface area (Å²) in [5.41, 5.74) is 1.07. The summed E-state index contributed by atoms with van der Waals surface area (Å²) >= 11 is 1.12. The Morgan fingerprint density at radius 3 is 2.67 bits per heavy atom. The number of carbonyl (C=O) groups is 2. The van der Waals surface area contributed by atoms with E-state index < -0.39 is 17.9 Å². The van der Waals surface area contributed by atoms with E-state index in [2.05, 4.69) is 10.3 Å². The van der Waals surface area contributed by atoms with Crippen molar-refractivity contribution in [1.29, 1.82) is 0 Å². The number of nitrogens with one attached hydrogen (secondary N) is 1. The number of hydrogen-bond donors (Lipinski definition) is 2. The van der Waals surface area contributed by atoms with Gasteiger partial charge in [-0.3, -0.25) is 4.79 Å². The number of aromatic nitrogens is 1. The maximum atomic E-state index is 13.3. The third-order valence-electron chi connectivity index (χ3n) is 3.38. The number of benzene rings is 1. The molecule has 0 aliphatic heterocycles. The van der Waals surface area contributed by atoms with Crippen molar-refractivity contribution in [2.45, 2.75) is 33.2 Å². The van der Waals surface area contributed by atoms with Crippen molar-refractivity contribution in [1.82, 2.24) is 10.3 Å². The monoisotopic (exact) mass is 350 g/mol. The van der Waals surface area contributed by atoms with Gasteiger partial charge in [0.2, 0.25) is 0 Å². The Labute approximate surface area is 143 Å². The van der Waals surface area contributed by atoms with Crippen LogP contribution in [0.25, 0.3) is 10.6 Å². The number of amides is 1. The first-order valence-electron chi connectivity index (χ1n) is 7.55. The molecule has 0 spiro atoms. The van der Waals surface area contributed by atoms with Gasteiger partial charge in [-0.15, -0.1) is 11.3 Å². The Morgan fingerprint density at radius 2 is 2.08 bits per heavy atom. The summed E-state index contributed by atoms with van der Waals surface area (Å²) in [5.74, 6) is -1.78. The van der Waals surface area contributed by atoms with E-state index in [0.29, 0.717) is 27.6 Å². The number of rotatable bonds is 6. The zero-order chi connectivity index (χ0) is 17.9. The first kappa shape index (κ1) is 18.1. The Morgan fingerprint density at radius 1 is 1.38 bits per heavy atom. The standard InChI is InChI=1S/C17H19FN2O3S/c1-9(2)7-13(17(22)23)20-15(21)14-10(3)19-16(24-14)11-5-4-6-12(18)8-11/h4-6,8-9,13H,7H2,1-3H3,(H,20,21)(H,22,23). The summed E-state index contributed by atoms with van der Waals surface area (Å²) < 4.78 is 13.3. The summed E-state index contributed by atoms with van der Waals surface area (Å²) in [4.78, 5) is 28.3. The van der Waals surface area contributed by atoms with Crippen molar-refractivity contribution in [3.63, 3.8) is 0 Å². The van der Waals surface area contributed by atoms with E-state index in [1.165, 1.54) is 12.1 Å². The number of aliphatic carboxylic acids is 1. The van der Waals surface area contributed by atoms with Crippen molar-refractivity contribution in [3.05, 3.63) is 40.7 Å². The smallest absolute Gasteiger partial charge is 0.326 e. The van der Waals surface area contributed by atoms with E-state index >= 15 is 0 Å². The van der Waals surface area contributed by atoms with Crippen LogP contribution in [0.5, 0.6) is 0 Å². The van der Waals surface area contributed by atoms with Gasteiger partial charge in [0.25, 0.3) is 5.91 Å². The van der Waals surface area contributed by atoms with Crippen molar-refractivity contribution in [2.75, 3.05) is 0 Å². The van der Waals surface area contributed by atoms with Gasteiger partial charge < -0.3 is 10.4 Å². The molecule has 24 heavy (non-hydrogen) atoms. The van der Waals surface area contributed by atoms with Crippen LogP contribution in [0.3, 0.4) is 0 Å². The largest absolute Gasteiger partial charge is 0.480 e. The summed E-state index contributed by atoms with van der Waals surface area (Å²) in [6.45, 7) is 5.45. The van der Waals surface area contributed by atoms with E-state index in [1.807, 2.05) is 13.8 Å². The average molecular weight is 350 g/mol. The molecule has 1 atom stereocenters. The molecule has 0 radical (unpaired) electrons. The fourth-order valence-electron chi connectivity index (χ4n) is 2.27. The first-order chi connectivity index (χ1) is 11.3. The molecular weight excluding hydrogens is 331 g/mol. The number of halogens is 1. The lowest BCUT2D eigenvalue weighted by Gasteiger charge is -2.15. The third-order valence-corrected chi connectivity index (χ3v) is 4.59. The van der Waals surface area contributed by atoms with Gasteiger partial charge in [0.05, 0.1) is 5.69 Å². The van der Waals surface area contributed by atoms with Crippen LogP contribution in [0.2, 0.25) is 0 Å². The molecule has 1 aromatic carbocycles. The predicted molar refractivity (Wildman–Crippen MR) is 90.6 cm³/mol. The molecule has 1 unspecified atom stereocenters. The molecule has 2 rings (SSSR count). The molecule has 2 N–H and O–H groups in total. The van der Waals surface area contributed by atoms with Gasteiger partial charge in [0.1, 0.15) is 21.7 Å². The summed E-state index contributed by atoms with van der Waals surface area (Å²) in [6, 6.07) is 5.02. The van der Waals surface area contributed by atoms with E-state index in [0.717, 1.165) is 11.3 Å². The topological polar surface area (TPSA) is 79.3 Å². The van der Waals surface area contributed by atoms with Gasteiger partial charge in [-0.25, -0.2) is 14.2 Å². The molecule has 0 bridgehead atoms. The van der Waals surface area contributed by atoms with Crippen LogP contribution in [0.1, 0.15) is 35.6 Å². The van der Waals surface area contributed by atoms with Crippen LogP contribution >= 0.6 is 11.3 Å². The van der Waals surface area contributed by atoms with Gasteiger partial charge in [-0.2, -0.15) is 0 Å². The molecule has 2 aromatic rings. The molecule has 0 saturated heterocycles. The molecule has 0 saturated carbocycles. The van der Waals surface area contributed by atoms with Gasteiger partial charge >= 0.3 is 5.97 Å². The van der Waals surface area contributed by atoms with Crippen molar-refractivity contribution in [2.24, 2.45) is 5.92 Å². The number of aryl methyl sites for hydroxylation is 1. The minimum absolute atomic E-state index is 0.136. The highest BCUT2D eigenvalue weighted by molar-refractivity contribution is 7.17. The fourth-order valence-corrected chi connectivity index (χ4v) is 3.23. The highest BCUT2D eigenvalue weighted by Crippen LogP contribution is 2.28. The van der Waals surface area contributed by atoms with E-state index in [1.54, 1.807) is 19.1 Å². The highest BCUT2D eigenvalue weighted by atomic mass is 32.1. The van der Waals surface area contributed by atoms with E-state index in [-0.39, 0.29) is 11.7 Å². The molecule has 7 heteroatoms. The molecule has 1 heterocycles. The zero-order valence-electron chi connectivity index (χ0n) is 13.7. The van der Waals surface area contributed by atoms with Crippen LogP contribution in [0, 0.1) is 18.7 Å². The van der Waals surface area contributed by atoms with Gasteiger partial charge in [0, 0.05) is 5.56 Å². The lowest BCUT2D eigenvalue weighted by atomic mass is 10.0. The van der Waals surface area contributed by atoms with Crippen LogP contribution < -0.4 is 5.32 Å². The van der Waals surface area contributed by atoms with E-state index in [9.17, 15) is 19.1 Å². The molecular formula is C17H19FN2O3S. The predicted octanol–water partition coefficient (Wildman–Crippen LogP) is 3.49. The molecule has 5 nitrogen and oxygen atoms in total. The highest BCUT2D eigenvalue weighted by Gasteiger charge is 2.24.